The van der Waals surface area contributed by atoms with Crippen LogP contribution in [0.2, 0.25) is 0 Å². The van der Waals surface area contributed by atoms with Crippen LogP contribution in [-0.2, 0) is 0 Å². The van der Waals surface area contributed by atoms with Crippen LogP contribution >= 0.6 is 0 Å². The average Bonchev–Trinajstić information content (AvgIpc) is 2.48. The minimum atomic E-state index is -0.235. The molecule has 110 valence electrons. The van der Waals surface area contributed by atoms with Gasteiger partial charge in [-0.2, -0.15) is 0 Å². The normalized spacial score (nSPS) is 10.5. The lowest BCUT2D eigenvalue weighted by atomic mass is 10.2. The summed E-state index contributed by atoms with van der Waals surface area (Å²) in [6.07, 6.45) is 1.67. The van der Waals surface area contributed by atoms with E-state index in [0.29, 0.717) is 23.8 Å². The maximum Gasteiger partial charge on any atom is 0.276 e. The van der Waals surface area contributed by atoms with Gasteiger partial charge in [0, 0.05) is 18.2 Å². The number of para-hydroxylation sites is 1. The Morgan fingerprint density at radius 3 is 2.57 bits per heavy atom. The lowest BCUT2D eigenvalue weighted by Gasteiger charge is -2.12. The Hall–Kier alpha value is -2.43. The largest absolute Gasteiger partial charge is 0.382 e. The van der Waals surface area contributed by atoms with Crippen molar-refractivity contribution in [3.63, 3.8) is 0 Å². The molecule has 0 spiro atoms. The molecule has 21 heavy (non-hydrogen) atoms. The molecule has 2 aromatic rings. The lowest BCUT2D eigenvalue weighted by molar-refractivity contribution is 0.102. The molecule has 1 amide bonds. The van der Waals surface area contributed by atoms with E-state index in [1.165, 1.54) is 0 Å². The second-order valence-electron chi connectivity index (χ2n) is 5.00. The SMILES string of the molecule is CCNc1cnc(C(C)C)nc1C(=O)Nc1ccccc1. The summed E-state index contributed by atoms with van der Waals surface area (Å²) in [6.45, 7) is 6.67. The highest BCUT2D eigenvalue weighted by molar-refractivity contribution is 6.06. The van der Waals surface area contributed by atoms with Gasteiger partial charge in [0.2, 0.25) is 0 Å². The standard InChI is InChI=1S/C16H20N4O/c1-4-17-13-10-18-15(11(2)3)20-14(13)16(21)19-12-8-6-5-7-9-12/h5-11,17H,4H2,1-3H3,(H,19,21). The summed E-state index contributed by atoms with van der Waals surface area (Å²) in [5.74, 6) is 0.597. The maximum atomic E-state index is 12.4. The summed E-state index contributed by atoms with van der Waals surface area (Å²) in [6, 6.07) is 9.34. The number of nitrogens with zero attached hydrogens (tertiary/aromatic N) is 2. The summed E-state index contributed by atoms with van der Waals surface area (Å²) < 4.78 is 0. The van der Waals surface area contributed by atoms with Gasteiger partial charge in [0.05, 0.1) is 11.9 Å². The van der Waals surface area contributed by atoms with Crippen LogP contribution in [0.1, 0.15) is 43.0 Å². The number of nitrogens with one attached hydrogen (secondary N) is 2. The summed E-state index contributed by atoms with van der Waals surface area (Å²) in [7, 11) is 0. The number of hydrogen-bond acceptors (Lipinski definition) is 4. The van der Waals surface area contributed by atoms with Crippen LogP contribution < -0.4 is 10.6 Å². The third-order valence-electron chi connectivity index (χ3n) is 2.94. The highest BCUT2D eigenvalue weighted by atomic mass is 16.1. The van der Waals surface area contributed by atoms with E-state index in [0.717, 1.165) is 5.69 Å². The highest BCUT2D eigenvalue weighted by Gasteiger charge is 2.16. The fourth-order valence-corrected chi connectivity index (χ4v) is 1.88. The van der Waals surface area contributed by atoms with E-state index in [1.807, 2.05) is 51.1 Å². The van der Waals surface area contributed by atoms with Gasteiger partial charge in [-0.05, 0) is 19.1 Å². The third-order valence-corrected chi connectivity index (χ3v) is 2.94. The molecule has 1 aromatic heterocycles. The van der Waals surface area contributed by atoms with Gasteiger partial charge in [-0.1, -0.05) is 32.0 Å². The highest BCUT2D eigenvalue weighted by Crippen LogP contribution is 2.18. The van der Waals surface area contributed by atoms with Crippen LogP contribution in [0.3, 0.4) is 0 Å². The minimum absolute atomic E-state index is 0.170. The van der Waals surface area contributed by atoms with Gasteiger partial charge in [0.25, 0.3) is 5.91 Å². The van der Waals surface area contributed by atoms with Gasteiger partial charge in [0.15, 0.2) is 5.69 Å². The zero-order valence-electron chi connectivity index (χ0n) is 12.6. The van der Waals surface area contributed by atoms with Crippen LogP contribution in [0.4, 0.5) is 11.4 Å². The molecular formula is C16H20N4O. The maximum absolute atomic E-state index is 12.4. The predicted molar refractivity (Wildman–Crippen MR) is 84.7 cm³/mol. The van der Waals surface area contributed by atoms with Gasteiger partial charge >= 0.3 is 0 Å². The fraction of sp³-hybridized carbons (Fsp3) is 0.312. The molecule has 5 nitrogen and oxygen atoms in total. The van der Waals surface area contributed by atoms with E-state index in [2.05, 4.69) is 20.6 Å². The van der Waals surface area contributed by atoms with Crippen molar-refractivity contribution in [1.29, 1.82) is 0 Å². The molecule has 1 aromatic carbocycles. The Labute approximate surface area is 124 Å². The van der Waals surface area contributed by atoms with Gasteiger partial charge in [-0.3, -0.25) is 4.79 Å². The molecule has 0 bridgehead atoms. The number of amides is 1. The summed E-state index contributed by atoms with van der Waals surface area (Å²) in [4.78, 5) is 21.1. The first-order chi connectivity index (χ1) is 10.1. The zero-order valence-corrected chi connectivity index (χ0v) is 12.6. The molecule has 0 unspecified atom stereocenters. The Morgan fingerprint density at radius 2 is 1.95 bits per heavy atom. The van der Waals surface area contributed by atoms with Gasteiger partial charge in [-0.15, -0.1) is 0 Å². The van der Waals surface area contributed by atoms with Crippen LogP contribution in [-0.4, -0.2) is 22.4 Å². The lowest BCUT2D eigenvalue weighted by Crippen LogP contribution is -2.18. The van der Waals surface area contributed by atoms with Gasteiger partial charge in [0.1, 0.15) is 5.82 Å². The Morgan fingerprint density at radius 1 is 1.24 bits per heavy atom. The van der Waals surface area contributed by atoms with Gasteiger partial charge < -0.3 is 10.6 Å². The molecule has 0 radical (unpaired) electrons. The van der Waals surface area contributed by atoms with Crippen LogP contribution in [0.15, 0.2) is 36.5 Å². The number of anilines is 2. The smallest absolute Gasteiger partial charge is 0.276 e. The van der Waals surface area contributed by atoms with Crippen molar-refractivity contribution in [3.8, 4) is 0 Å². The van der Waals surface area contributed by atoms with Crippen LogP contribution in [0.25, 0.3) is 0 Å². The van der Waals surface area contributed by atoms with Crippen LogP contribution in [0.5, 0.6) is 0 Å². The Bertz CT molecular complexity index is 611. The average molecular weight is 284 g/mol. The number of carbonyl (C=O) groups excluding carboxylic acids is 1. The molecule has 0 aliphatic rings. The van der Waals surface area contributed by atoms with Crippen molar-refractivity contribution in [1.82, 2.24) is 9.97 Å². The zero-order chi connectivity index (χ0) is 15.2. The second kappa shape index (κ2) is 6.83. The van der Waals surface area contributed by atoms with E-state index in [1.54, 1.807) is 6.20 Å². The van der Waals surface area contributed by atoms with E-state index >= 15 is 0 Å². The fourth-order valence-electron chi connectivity index (χ4n) is 1.88. The van der Waals surface area contributed by atoms with E-state index in [-0.39, 0.29) is 11.8 Å². The predicted octanol–water partition coefficient (Wildman–Crippen LogP) is 3.28. The molecule has 2 rings (SSSR count). The quantitative estimate of drug-likeness (QED) is 0.884. The molecule has 0 atom stereocenters. The first-order valence-electron chi connectivity index (χ1n) is 7.09. The van der Waals surface area contributed by atoms with Crippen molar-refractivity contribution in [3.05, 3.63) is 48.0 Å². The monoisotopic (exact) mass is 284 g/mol. The van der Waals surface area contributed by atoms with E-state index in [4.69, 9.17) is 0 Å². The summed E-state index contributed by atoms with van der Waals surface area (Å²) >= 11 is 0. The van der Waals surface area contributed by atoms with Crippen molar-refractivity contribution in [2.45, 2.75) is 26.7 Å². The molecule has 5 heteroatoms. The number of carbonyl (C=O) groups is 1. The second-order valence-corrected chi connectivity index (χ2v) is 5.00. The Balaban J connectivity index is 2.30. The summed E-state index contributed by atoms with van der Waals surface area (Å²) in [5.41, 5.74) is 1.77. The number of aromatic nitrogens is 2. The van der Waals surface area contributed by atoms with Crippen molar-refractivity contribution in [2.24, 2.45) is 0 Å². The van der Waals surface area contributed by atoms with Crippen LogP contribution in [0, 0.1) is 0 Å². The van der Waals surface area contributed by atoms with Crippen molar-refractivity contribution >= 4 is 17.3 Å². The van der Waals surface area contributed by atoms with Crippen molar-refractivity contribution in [2.75, 3.05) is 17.2 Å². The molecule has 0 aliphatic carbocycles. The summed E-state index contributed by atoms with van der Waals surface area (Å²) in [5, 5.41) is 5.98. The first kappa shape index (κ1) is 15.0. The molecule has 0 saturated carbocycles. The molecule has 0 fully saturated rings. The number of hydrogen-bond donors (Lipinski definition) is 2. The Kier molecular flexibility index (Phi) is 4.87. The number of benzene rings is 1. The molecular weight excluding hydrogens is 264 g/mol. The minimum Gasteiger partial charge on any atom is -0.382 e. The van der Waals surface area contributed by atoms with E-state index < -0.39 is 0 Å². The van der Waals surface area contributed by atoms with E-state index in [9.17, 15) is 4.79 Å². The molecule has 0 aliphatic heterocycles. The molecule has 1 heterocycles. The molecule has 2 N–H and O–H groups in total. The molecule has 0 saturated heterocycles. The topological polar surface area (TPSA) is 66.9 Å². The number of rotatable bonds is 5. The van der Waals surface area contributed by atoms with Crippen molar-refractivity contribution < 1.29 is 4.79 Å². The van der Waals surface area contributed by atoms with Gasteiger partial charge in [-0.25, -0.2) is 9.97 Å². The first-order valence-corrected chi connectivity index (χ1v) is 7.09. The third kappa shape index (κ3) is 3.78.